The Balaban J connectivity index is 1.36. The second kappa shape index (κ2) is 8.82. The van der Waals surface area contributed by atoms with E-state index in [1.54, 1.807) is 11.3 Å². The van der Waals surface area contributed by atoms with Crippen LogP contribution < -0.4 is 10.6 Å². The Labute approximate surface area is 189 Å². The molecule has 5 rings (SSSR count). The number of nitrogens with zero attached hydrogens (tertiary/aromatic N) is 1. The molecule has 3 aromatic heterocycles. The Kier molecular flexibility index (Phi) is 5.58. The summed E-state index contributed by atoms with van der Waals surface area (Å²) in [6.07, 6.45) is 3.79. The average molecular weight is 443 g/mol. The summed E-state index contributed by atoms with van der Waals surface area (Å²) in [5, 5.41) is 7.81. The second-order valence-corrected chi connectivity index (χ2v) is 8.52. The van der Waals surface area contributed by atoms with E-state index in [4.69, 9.17) is 0 Å². The molecule has 0 atom stereocenters. The van der Waals surface area contributed by atoms with Gasteiger partial charge in [-0.25, -0.2) is 0 Å². The molecule has 0 saturated heterocycles. The van der Waals surface area contributed by atoms with Gasteiger partial charge < -0.3 is 20.4 Å². The molecule has 5 aromatic rings. The van der Waals surface area contributed by atoms with E-state index in [1.807, 2.05) is 18.5 Å². The minimum Gasteiger partial charge on any atom is -0.468 e. The van der Waals surface area contributed by atoms with Gasteiger partial charge in [0.05, 0.1) is 29.6 Å². The van der Waals surface area contributed by atoms with Crippen LogP contribution in [0.5, 0.6) is 0 Å². The number of nitrogens with one attached hydrogen (secondary N) is 3. The van der Waals surface area contributed by atoms with Gasteiger partial charge in [0.15, 0.2) is 0 Å². The van der Waals surface area contributed by atoms with E-state index >= 15 is 0 Å². The predicted octanol–water partition coefficient (Wildman–Crippen LogP) is 5.45. The van der Waals surface area contributed by atoms with Gasteiger partial charge in [0.2, 0.25) is 0 Å². The molecule has 0 radical (unpaired) electrons. The van der Waals surface area contributed by atoms with Crippen molar-refractivity contribution in [3.63, 3.8) is 0 Å². The maximum Gasteiger partial charge on any atom is 0.319 e. The van der Waals surface area contributed by atoms with Crippen molar-refractivity contribution >= 4 is 49.8 Å². The number of rotatable bonds is 7. The molecule has 0 aliphatic carbocycles. The van der Waals surface area contributed by atoms with Crippen LogP contribution in [0.25, 0.3) is 31.6 Å². The van der Waals surface area contributed by atoms with Gasteiger partial charge in [0.25, 0.3) is 0 Å². The Hall–Kier alpha value is -3.68. The normalized spacial score (nSPS) is 11.2. The highest BCUT2D eigenvalue weighted by atomic mass is 32.1. The number of methoxy groups -OCH3 is 1. The maximum absolute atomic E-state index is 11.2. The Morgan fingerprint density at radius 1 is 1.09 bits per heavy atom. The topological polar surface area (TPSA) is 79.0 Å². The van der Waals surface area contributed by atoms with Crippen LogP contribution in [0.15, 0.2) is 73.1 Å². The van der Waals surface area contributed by atoms with Crippen LogP contribution in [0.4, 0.5) is 11.4 Å². The largest absolute Gasteiger partial charge is 0.468 e. The van der Waals surface area contributed by atoms with E-state index in [2.05, 4.69) is 79.9 Å². The molecule has 7 heteroatoms. The van der Waals surface area contributed by atoms with Gasteiger partial charge in [-0.1, -0.05) is 24.3 Å². The highest BCUT2D eigenvalue weighted by molar-refractivity contribution is 7.22. The first-order valence-corrected chi connectivity index (χ1v) is 11.1. The summed E-state index contributed by atoms with van der Waals surface area (Å²) in [4.78, 5) is 20.2. The number of carbonyl (C=O) groups excluding carboxylic acids is 1. The number of thiophene rings is 1. The van der Waals surface area contributed by atoms with E-state index in [0.717, 1.165) is 43.1 Å². The summed E-state index contributed by atoms with van der Waals surface area (Å²) in [6, 6.07) is 20.9. The molecular formula is C25H22N4O2S. The molecule has 6 nitrogen and oxygen atoms in total. The average Bonchev–Trinajstić information content (AvgIpc) is 3.46. The highest BCUT2D eigenvalue weighted by Crippen LogP contribution is 2.37. The van der Waals surface area contributed by atoms with Crippen molar-refractivity contribution < 1.29 is 9.53 Å². The molecule has 32 heavy (non-hydrogen) atoms. The zero-order chi connectivity index (χ0) is 21.9. The number of fused-ring (bicyclic) bond motifs is 2. The maximum atomic E-state index is 11.2. The van der Waals surface area contributed by atoms with E-state index in [-0.39, 0.29) is 12.5 Å². The summed E-state index contributed by atoms with van der Waals surface area (Å²) >= 11 is 1.72. The molecule has 0 bridgehead atoms. The Bertz CT molecular complexity index is 1390. The van der Waals surface area contributed by atoms with Gasteiger partial charge in [0, 0.05) is 40.4 Å². The molecule has 0 amide bonds. The number of pyridine rings is 1. The number of hydrogen-bond donors (Lipinski definition) is 3. The van der Waals surface area contributed by atoms with Gasteiger partial charge in [-0.2, -0.15) is 0 Å². The fourth-order valence-electron chi connectivity index (χ4n) is 3.63. The van der Waals surface area contributed by atoms with Crippen LogP contribution in [-0.2, 0) is 16.1 Å². The summed E-state index contributed by atoms with van der Waals surface area (Å²) in [5.74, 6) is -0.267. The number of anilines is 2. The quantitative estimate of drug-likeness (QED) is 0.292. The summed E-state index contributed by atoms with van der Waals surface area (Å²) in [5.41, 5.74) is 6.44. The van der Waals surface area contributed by atoms with Crippen molar-refractivity contribution in [1.29, 1.82) is 0 Å². The van der Waals surface area contributed by atoms with E-state index in [9.17, 15) is 4.79 Å². The number of benzene rings is 2. The predicted molar refractivity (Wildman–Crippen MR) is 130 cm³/mol. The summed E-state index contributed by atoms with van der Waals surface area (Å²) in [6.45, 7) is 0.815. The lowest BCUT2D eigenvalue weighted by Gasteiger charge is -2.07. The molecule has 3 heterocycles. The number of carbonyl (C=O) groups is 1. The van der Waals surface area contributed by atoms with Gasteiger partial charge in [-0.15, -0.1) is 11.3 Å². The molecule has 2 aromatic carbocycles. The lowest BCUT2D eigenvalue weighted by Crippen LogP contribution is -2.23. The van der Waals surface area contributed by atoms with Crippen molar-refractivity contribution in [2.24, 2.45) is 0 Å². The third kappa shape index (κ3) is 4.21. The number of aromatic amines is 1. The van der Waals surface area contributed by atoms with Crippen LogP contribution in [0, 0.1) is 0 Å². The standard InChI is InChI=1S/C25H22N4O2S/c1-31-24(30)15-26-14-16-2-4-17(5-3-16)23-13-22-25(32-23)21(9-11-28-22)29-19-6-7-20-18(12-19)8-10-27-20/h2-13,26-27H,14-15H2,1H3,(H,28,29). The minimum absolute atomic E-state index is 0.201. The summed E-state index contributed by atoms with van der Waals surface area (Å²) < 4.78 is 5.77. The first kappa shape index (κ1) is 20.2. The van der Waals surface area contributed by atoms with Gasteiger partial charge in [0.1, 0.15) is 0 Å². The smallest absolute Gasteiger partial charge is 0.319 e. The van der Waals surface area contributed by atoms with Crippen LogP contribution in [-0.4, -0.2) is 29.6 Å². The molecule has 160 valence electrons. The molecule has 0 aliphatic rings. The Morgan fingerprint density at radius 2 is 1.97 bits per heavy atom. The zero-order valence-corrected chi connectivity index (χ0v) is 18.3. The van der Waals surface area contributed by atoms with Crippen molar-refractivity contribution in [2.75, 3.05) is 19.0 Å². The van der Waals surface area contributed by atoms with Crippen molar-refractivity contribution in [1.82, 2.24) is 15.3 Å². The monoisotopic (exact) mass is 442 g/mol. The molecule has 0 fully saturated rings. The molecule has 0 saturated carbocycles. The number of esters is 1. The molecule has 0 aliphatic heterocycles. The van der Waals surface area contributed by atoms with Gasteiger partial charge in [-0.3, -0.25) is 9.78 Å². The molecular weight excluding hydrogens is 420 g/mol. The van der Waals surface area contributed by atoms with Gasteiger partial charge in [-0.05, 0) is 47.5 Å². The van der Waals surface area contributed by atoms with Crippen LogP contribution >= 0.6 is 11.3 Å². The first-order chi connectivity index (χ1) is 15.7. The number of aromatic nitrogens is 2. The van der Waals surface area contributed by atoms with Gasteiger partial charge >= 0.3 is 5.97 Å². The number of ether oxygens (including phenoxy) is 1. The fourth-order valence-corrected chi connectivity index (χ4v) is 4.72. The third-order valence-electron chi connectivity index (χ3n) is 5.31. The third-order valence-corrected chi connectivity index (χ3v) is 6.52. The second-order valence-electron chi connectivity index (χ2n) is 7.46. The molecule has 0 unspecified atom stereocenters. The van der Waals surface area contributed by atoms with E-state index in [0.29, 0.717) is 6.54 Å². The zero-order valence-electron chi connectivity index (χ0n) is 17.5. The summed E-state index contributed by atoms with van der Waals surface area (Å²) in [7, 11) is 1.39. The lowest BCUT2D eigenvalue weighted by atomic mass is 10.1. The van der Waals surface area contributed by atoms with E-state index in [1.165, 1.54) is 12.5 Å². The van der Waals surface area contributed by atoms with Crippen molar-refractivity contribution in [2.45, 2.75) is 6.54 Å². The number of H-pyrrole nitrogens is 1. The first-order valence-electron chi connectivity index (χ1n) is 10.3. The van der Waals surface area contributed by atoms with Crippen molar-refractivity contribution in [3.8, 4) is 10.4 Å². The van der Waals surface area contributed by atoms with E-state index < -0.39 is 0 Å². The lowest BCUT2D eigenvalue weighted by molar-refractivity contribution is -0.139. The van der Waals surface area contributed by atoms with Crippen LogP contribution in [0.1, 0.15) is 5.56 Å². The fraction of sp³-hybridized carbons (Fsp3) is 0.120. The molecule has 0 spiro atoms. The van der Waals surface area contributed by atoms with Crippen molar-refractivity contribution in [3.05, 3.63) is 78.6 Å². The van der Waals surface area contributed by atoms with Crippen LogP contribution in [0.2, 0.25) is 0 Å². The molecule has 3 N–H and O–H groups in total. The SMILES string of the molecule is COC(=O)CNCc1ccc(-c2cc3nccc(Nc4ccc5[nH]ccc5c4)c3s2)cc1. The van der Waals surface area contributed by atoms with Crippen LogP contribution in [0.3, 0.4) is 0 Å². The minimum atomic E-state index is -0.267. The highest BCUT2D eigenvalue weighted by Gasteiger charge is 2.10. The number of hydrogen-bond acceptors (Lipinski definition) is 6. The Morgan fingerprint density at radius 3 is 2.81 bits per heavy atom.